The highest BCUT2D eigenvalue weighted by atomic mass is 32.2. The molecule has 0 spiro atoms. The Hall–Kier alpha value is -2.10. The van der Waals surface area contributed by atoms with Crippen molar-refractivity contribution in [3.05, 3.63) is 41.7 Å². The summed E-state index contributed by atoms with van der Waals surface area (Å²) in [5, 5.41) is 6.56. The second-order valence-corrected chi connectivity index (χ2v) is 7.43. The zero-order valence-corrected chi connectivity index (χ0v) is 13.8. The number of halogens is 3. The van der Waals surface area contributed by atoms with E-state index >= 15 is 0 Å². The summed E-state index contributed by atoms with van der Waals surface area (Å²) in [7, 11) is -3.58. The molecule has 1 aromatic heterocycles. The minimum Gasteiger partial charge on any atom is -0.406 e. The second kappa shape index (κ2) is 6.80. The smallest absolute Gasteiger partial charge is 0.406 e. The topological polar surface area (TPSA) is 74.1 Å². The van der Waals surface area contributed by atoms with Gasteiger partial charge in [-0.2, -0.15) is 0 Å². The molecular weight excluding hydrogens is 347 g/mol. The third-order valence-corrected chi connectivity index (χ3v) is 5.52. The summed E-state index contributed by atoms with van der Waals surface area (Å²) in [5.74, 6) is -0.653. The van der Waals surface area contributed by atoms with Crippen molar-refractivity contribution in [3.8, 4) is 5.75 Å². The van der Waals surface area contributed by atoms with E-state index < -0.39 is 27.2 Å². The molecule has 0 aliphatic heterocycles. The van der Waals surface area contributed by atoms with Crippen LogP contribution in [0, 0.1) is 0 Å². The molecule has 0 radical (unpaired) electrons. The first-order chi connectivity index (χ1) is 11.1. The van der Waals surface area contributed by atoms with Crippen LogP contribution >= 0.6 is 0 Å². The number of ether oxygens (including phenoxy) is 1. The van der Waals surface area contributed by atoms with Gasteiger partial charge in [0.1, 0.15) is 5.75 Å². The number of alkyl halides is 3. The number of nitrogens with zero attached hydrogens (tertiary/aromatic N) is 3. The van der Waals surface area contributed by atoms with Crippen molar-refractivity contribution in [3.63, 3.8) is 0 Å². The van der Waals surface area contributed by atoms with Crippen molar-refractivity contribution in [1.29, 1.82) is 0 Å². The number of sulfone groups is 1. The second-order valence-electron chi connectivity index (χ2n) is 5.11. The number of hydrogen-bond donors (Lipinski definition) is 0. The van der Waals surface area contributed by atoms with E-state index in [1.807, 2.05) is 6.92 Å². The van der Waals surface area contributed by atoms with Crippen molar-refractivity contribution in [2.24, 2.45) is 0 Å². The average Bonchev–Trinajstić information content (AvgIpc) is 2.92. The number of rotatable bonds is 6. The molecule has 24 heavy (non-hydrogen) atoms. The number of aromatic nitrogens is 3. The molecule has 0 saturated carbocycles. The van der Waals surface area contributed by atoms with Gasteiger partial charge in [-0.3, -0.25) is 0 Å². The minimum atomic E-state index is -4.79. The fourth-order valence-electron chi connectivity index (χ4n) is 2.14. The van der Waals surface area contributed by atoms with Gasteiger partial charge >= 0.3 is 6.36 Å². The monoisotopic (exact) mass is 363 g/mol. The summed E-state index contributed by atoms with van der Waals surface area (Å²) in [5.41, 5.74) is 0.835. The van der Waals surface area contributed by atoms with Crippen molar-refractivity contribution in [2.45, 2.75) is 37.8 Å². The van der Waals surface area contributed by atoms with Gasteiger partial charge in [-0.15, -0.1) is 18.3 Å². The molecule has 2 rings (SSSR count). The van der Waals surface area contributed by atoms with Gasteiger partial charge in [-0.25, -0.2) is 13.1 Å². The average molecular weight is 363 g/mol. The van der Waals surface area contributed by atoms with Gasteiger partial charge in [0.25, 0.3) is 0 Å². The molecule has 1 aromatic carbocycles. The van der Waals surface area contributed by atoms with E-state index in [9.17, 15) is 21.6 Å². The normalized spacial score (nSPS) is 13.7. The largest absolute Gasteiger partial charge is 0.573 e. The SMILES string of the molecule is CCn1nncc1CS(=O)(=O)C(C)c1ccc(OC(F)(F)F)cc1. The summed E-state index contributed by atoms with van der Waals surface area (Å²) < 4.78 is 66.7. The first kappa shape index (κ1) is 18.2. The molecule has 0 aliphatic carbocycles. The van der Waals surface area contributed by atoms with E-state index in [-0.39, 0.29) is 5.75 Å². The maximum absolute atomic E-state index is 12.5. The predicted molar refractivity (Wildman–Crippen MR) is 79.9 cm³/mol. The zero-order chi connectivity index (χ0) is 18.0. The van der Waals surface area contributed by atoms with Gasteiger partial charge < -0.3 is 4.74 Å². The van der Waals surface area contributed by atoms with Crippen LogP contribution in [0.25, 0.3) is 0 Å². The molecule has 0 amide bonds. The van der Waals surface area contributed by atoms with Crippen LogP contribution in [0.3, 0.4) is 0 Å². The molecule has 6 nitrogen and oxygen atoms in total. The van der Waals surface area contributed by atoms with Gasteiger partial charge in [0.2, 0.25) is 0 Å². The predicted octanol–water partition coefficient (Wildman–Crippen LogP) is 2.87. The maximum atomic E-state index is 12.5. The van der Waals surface area contributed by atoms with E-state index in [0.29, 0.717) is 17.8 Å². The van der Waals surface area contributed by atoms with Crippen LogP contribution < -0.4 is 4.74 Å². The van der Waals surface area contributed by atoms with E-state index in [2.05, 4.69) is 15.0 Å². The first-order valence-electron chi connectivity index (χ1n) is 7.07. The molecule has 1 heterocycles. The lowest BCUT2D eigenvalue weighted by molar-refractivity contribution is -0.274. The first-order valence-corrected chi connectivity index (χ1v) is 8.78. The van der Waals surface area contributed by atoms with E-state index in [1.165, 1.54) is 29.9 Å². The summed E-state index contributed by atoms with van der Waals surface area (Å²) in [6.07, 6.45) is -3.40. The molecule has 0 aliphatic rings. The lowest BCUT2D eigenvalue weighted by Gasteiger charge is -2.15. The quantitative estimate of drug-likeness (QED) is 0.789. The van der Waals surface area contributed by atoms with E-state index in [4.69, 9.17) is 0 Å². The Labute approximate surface area is 137 Å². The standard InChI is InChI=1S/C14H16F3N3O3S/c1-3-20-12(8-18-19-20)9-24(21,22)10(2)11-4-6-13(7-5-11)23-14(15,16)17/h4-8,10H,3,9H2,1-2H3. The van der Waals surface area contributed by atoms with Crippen LogP contribution in [0.5, 0.6) is 5.75 Å². The molecule has 0 saturated heterocycles. The maximum Gasteiger partial charge on any atom is 0.573 e. The number of benzene rings is 1. The van der Waals surface area contributed by atoms with Gasteiger partial charge in [0.15, 0.2) is 9.84 Å². The Morgan fingerprint density at radius 2 is 1.88 bits per heavy atom. The van der Waals surface area contributed by atoms with Crippen molar-refractivity contribution >= 4 is 9.84 Å². The van der Waals surface area contributed by atoms with Crippen molar-refractivity contribution in [2.75, 3.05) is 0 Å². The molecule has 10 heteroatoms. The van der Waals surface area contributed by atoms with Crippen molar-refractivity contribution < 1.29 is 26.3 Å². The van der Waals surface area contributed by atoms with Crippen LogP contribution in [-0.4, -0.2) is 29.8 Å². The lowest BCUT2D eigenvalue weighted by Crippen LogP contribution is -2.17. The molecule has 0 N–H and O–H groups in total. The van der Waals surface area contributed by atoms with E-state index in [1.54, 1.807) is 0 Å². The van der Waals surface area contributed by atoms with Crippen LogP contribution in [0.15, 0.2) is 30.5 Å². The van der Waals surface area contributed by atoms with Gasteiger partial charge in [0, 0.05) is 6.54 Å². The summed E-state index contributed by atoms with van der Waals surface area (Å²) in [6, 6.07) is 4.79. The van der Waals surface area contributed by atoms with Gasteiger partial charge in [0.05, 0.1) is 22.9 Å². The van der Waals surface area contributed by atoms with E-state index in [0.717, 1.165) is 12.1 Å². The number of aryl methyl sites for hydroxylation is 1. The highest BCUT2D eigenvalue weighted by Crippen LogP contribution is 2.28. The summed E-state index contributed by atoms with van der Waals surface area (Å²) >= 11 is 0. The fourth-order valence-corrected chi connectivity index (χ4v) is 3.59. The summed E-state index contributed by atoms with van der Waals surface area (Å²) in [4.78, 5) is 0. The molecule has 0 bridgehead atoms. The van der Waals surface area contributed by atoms with Crippen molar-refractivity contribution in [1.82, 2.24) is 15.0 Å². The Balaban J connectivity index is 2.16. The lowest BCUT2D eigenvalue weighted by atomic mass is 10.1. The Kier molecular flexibility index (Phi) is 5.16. The third-order valence-electron chi connectivity index (χ3n) is 3.47. The molecule has 1 atom stereocenters. The molecule has 2 aromatic rings. The molecule has 132 valence electrons. The van der Waals surface area contributed by atoms with Crippen LogP contribution in [0.4, 0.5) is 13.2 Å². The van der Waals surface area contributed by atoms with Gasteiger partial charge in [-0.05, 0) is 31.5 Å². The fraction of sp³-hybridized carbons (Fsp3) is 0.429. The minimum absolute atomic E-state index is 0.254. The summed E-state index contributed by atoms with van der Waals surface area (Å²) in [6.45, 7) is 3.78. The Morgan fingerprint density at radius 1 is 1.25 bits per heavy atom. The highest BCUT2D eigenvalue weighted by molar-refractivity contribution is 7.90. The van der Waals surface area contributed by atoms with Crippen LogP contribution in [0.2, 0.25) is 0 Å². The Morgan fingerprint density at radius 3 is 2.42 bits per heavy atom. The Bertz CT molecular complexity index is 786. The molecule has 1 unspecified atom stereocenters. The van der Waals surface area contributed by atoms with Crippen LogP contribution in [0.1, 0.15) is 30.4 Å². The van der Waals surface area contributed by atoms with Gasteiger partial charge in [-0.1, -0.05) is 17.3 Å². The molecular formula is C14H16F3N3O3S. The number of hydrogen-bond acceptors (Lipinski definition) is 5. The third kappa shape index (κ3) is 4.47. The molecule has 0 fully saturated rings. The highest BCUT2D eigenvalue weighted by Gasteiger charge is 2.31. The van der Waals surface area contributed by atoms with Crippen LogP contribution in [-0.2, 0) is 22.1 Å². The zero-order valence-electron chi connectivity index (χ0n) is 13.0.